The van der Waals surface area contributed by atoms with Crippen LogP contribution in [0.25, 0.3) is 0 Å². The summed E-state index contributed by atoms with van der Waals surface area (Å²) < 4.78 is 36.8. The largest absolute Gasteiger partial charge is 0.443 e. The highest BCUT2D eigenvalue weighted by molar-refractivity contribution is 8.00. The topological polar surface area (TPSA) is 47.0 Å². The Morgan fingerprint density at radius 3 is 2.62 bits per heavy atom. The number of fused-ring (bicyclic) bond motifs is 1. The zero-order valence-electron chi connectivity index (χ0n) is 8.55. The van der Waals surface area contributed by atoms with E-state index in [0.29, 0.717) is 6.54 Å². The first-order chi connectivity index (χ1) is 7.06. The van der Waals surface area contributed by atoms with Crippen LogP contribution in [0.15, 0.2) is 24.3 Å². The summed E-state index contributed by atoms with van der Waals surface area (Å²) in [6.45, 7) is 0.602. The number of benzene rings is 1. The third kappa shape index (κ3) is 3.13. The van der Waals surface area contributed by atoms with Gasteiger partial charge >= 0.3 is 5.51 Å². The van der Waals surface area contributed by atoms with Crippen molar-refractivity contribution in [3.63, 3.8) is 0 Å². The Bertz CT molecular complexity index is 354. The first-order valence-electron chi connectivity index (χ1n) is 4.62. The average molecular weight is 250 g/mol. The van der Waals surface area contributed by atoms with Crippen LogP contribution in [0.2, 0.25) is 0 Å². The summed E-state index contributed by atoms with van der Waals surface area (Å²) in [6.07, 6.45) is 0.797. The molecule has 4 N–H and O–H groups in total. The zero-order valence-corrected chi connectivity index (χ0v) is 9.37. The van der Waals surface area contributed by atoms with Gasteiger partial charge in [0, 0.05) is 6.54 Å². The van der Waals surface area contributed by atoms with Gasteiger partial charge in [-0.3, -0.25) is 0 Å². The van der Waals surface area contributed by atoms with Gasteiger partial charge < -0.3 is 11.5 Å². The van der Waals surface area contributed by atoms with Crippen molar-refractivity contribution in [3.8, 4) is 0 Å². The lowest BCUT2D eigenvalue weighted by molar-refractivity contribution is -0.0336. The van der Waals surface area contributed by atoms with Crippen molar-refractivity contribution < 1.29 is 13.2 Å². The molecule has 0 radical (unpaired) electrons. The van der Waals surface area contributed by atoms with E-state index in [0.717, 1.165) is 17.5 Å². The lowest BCUT2D eigenvalue weighted by Crippen LogP contribution is -2.29. The average Bonchev–Trinajstić information content (AvgIpc) is 2.16. The van der Waals surface area contributed by atoms with Crippen LogP contribution in [-0.4, -0.2) is 12.1 Å². The highest BCUT2D eigenvalue weighted by Crippen LogP contribution is 2.42. The van der Waals surface area contributed by atoms with Crippen molar-refractivity contribution in [3.05, 3.63) is 35.4 Å². The van der Waals surface area contributed by atoms with Gasteiger partial charge in [-0.1, -0.05) is 24.3 Å². The van der Waals surface area contributed by atoms with Crippen LogP contribution >= 0.6 is 11.8 Å². The third-order valence-corrected chi connectivity index (χ3v) is 3.24. The molecule has 1 aliphatic rings. The second kappa shape index (κ2) is 5.07. The molecule has 6 heteroatoms. The van der Waals surface area contributed by atoms with E-state index in [1.54, 1.807) is 12.1 Å². The van der Waals surface area contributed by atoms with Gasteiger partial charge in [0.25, 0.3) is 0 Å². The van der Waals surface area contributed by atoms with Gasteiger partial charge in [0.2, 0.25) is 0 Å². The number of hydrogen-bond acceptors (Lipinski definition) is 3. The van der Waals surface area contributed by atoms with E-state index in [-0.39, 0.29) is 17.9 Å². The Morgan fingerprint density at radius 2 is 1.94 bits per heavy atom. The molecule has 1 atom stereocenters. The van der Waals surface area contributed by atoms with E-state index in [2.05, 4.69) is 5.32 Å². The Morgan fingerprint density at radius 1 is 1.25 bits per heavy atom. The molecular formula is C10H13F3N2S. The maximum Gasteiger partial charge on any atom is 0.443 e. The molecule has 1 unspecified atom stereocenters. The molecule has 1 aromatic rings. The van der Waals surface area contributed by atoms with Crippen LogP contribution < -0.4 is 11.5 Å². The van der Waals surface area contributed by atoms with Crippen molar-refractivity contribution in [2.45, 2.75) is 17.3 Å². The molecule has 2 rings (SSSR count). The molecule has 1 aliphatic heterocycles. The first kappa shape index (κ1) is 13.3. The molecule has 16 heavy (non-hydrogen) atoms. The number of nitrogens with one attached hydrogen (secondary N) is 1. The van der Waals surface area contributed by atoms with E-state index in [9.17, 15) is 13.2 Å². The number of alkyl halides is 3. The molecular weight excluding hydrogens is 237 g/mol. The van der Waals surface area contributed by atoms with Gasteiger partial charge in [-0.05, 0) is 29.3 Å². The fourth-order valence-corrected chi connectivity index (χ4v) is 2.53. The fraction of sp³-hybridized carbons (Fsp3) is 0.400. The summed E-state index contributed by atoms with van der Waals surface area (Å²) in [5.74, 6) is 0. The number of thioether (sulfide) groups is 1. The highest BCUT2D eigenvalue weighted by atomic mass is 32.2. The maximum atomic E-state index is 12.3. The zero-order chi connectivity index (χ0) is 10.9. The molecule has 0 amide bonds. The Balaban J connectivity index is 0.00000128. The first-order valence-corrected chi connectivity index (χ1v) is 5.50. The van der Waals surface area contributed by atoms with Crippen LogP contribution in [-0.2, 0) is 6.42 Å². The van der Waals surface area contributed by atoms with Gasteiger partial charge in [-0.15, -0.1) is 0 Å². The second-order valence-corrected chi connectivity index (χ2v) is 4.52. The Kier molecular flexibility index (Phi) is 4.23. The van der Waals surface area contributed by atoms with Crippen LogP contribution in [0.1, 0.15) is 16.5 Å². The van der Waals surface area contributed by atoms with Crippen LogP contribution in [0.4, 0.5) is 13.2 Å². The summed E-state index contributed by atoms with van der Waals surface area (Å²) in [6, 6.07) is 7.28. The minimum Gasteiger partial charge on any atom is -0.344 e. The quantitative estimate of drug-likeness (QED) is 0.804. The number of rotatable bonds is 1. The van der Waals surface area contributed by atoms with Gasteiger partial charge in [0.05, 0.1) is 5.37 Å². The van der Waals surface area contributed by atoms with Crippen molar-refractivity contribution in [1.29, 1.82) is 0 Å². The molecule has 1 heterocycles. The summed E-state index contributed by atoms with van der Waals surface area (Å²) in [5, 5.41) is 2.22. The number of halogens is 3. The Hall–Kier alpha value is -0.720. The molecule has 0 aromatic heterocycles. The lowest BCUT2D eigenvalue weighted by Gasteiger charge is -2.26. The molecule has 0 bridgehead atoms. The van der Waals surface area contributed by atoms with Gasteiger partial charge in [0.15, 0.2) is 0 Å². The van der Waals surface area contributed by atoms with Crippen LogP contribution in [0.5, 0.6) is 0 Å². The monoisotopic (exact) mass is 250 g/mol. The smallest absolute Gasteiger partial charge is 0.344 e. The fourth-order valence-electron chi connectivity index (χ4n) is 1.70. The van der Waals surface area contributed by atoms with Crippen LogP contribution in [0.3, 0.4) is 0 Å². The van der Waals surface area contributed by atoms with E-state index in [1.807, 2.05) is 12.1 Å². The predicted molar refractivity (Wildman–Crippen MR) is 59.6 cm³/mol. The SMILES string of the molecule is FC(F)(F)SC1NCCc2ccccc21.N. The molecule has 0 aliphatic carbocycles. The molecule has 0 saturated carbocycles. The van der Waals surface area contributed by atoms with Gasteiger partial charge in [-0.25, -0.2) is 0 Å². The van der Waals surface area contributed by atoms with Gasteiger partial charge in [0.1, 0.15) is 0 Å². The van der Waals surface area contributed by atoms with Gasteiger partial charge in [-0.2, -0.15) is 13.2 Å². The van der Waals surface area contributed by atoms with Crippen LogP contribution in [0, 0.1) is 0 Å². The Labute approximate surface area is 96.2 Å². The third-order valence-electron chi connectivity index (χ3n) is 2.31. The predicted octanol–water partition coefficient (Wildman–Crippen LogP) is 3.25. The molecule has 0 fully saturated rings. The molecule has 0 spiro atoms. The van der Waals surface area contributed by atoms with Crippen molar-refractivity contribution in [2.24, 2.45) is 0 Å². The minimum absolute atomic E-state index is 0. The summed E-state index contributed by atoms with van der Waals surface area (Å²) >= 11 is 0.00926. The standard InChI is InChI=1S/C10H10F3NS.H3N/c11-10(12,13)15-9-8-4-2-1-3-7(8)5-6-14-9;/h1-4,9,14H,5-6H2;1H3. The summed E-state index contributed by atoms with van der Waals surface area (Å²) in [4.78, 5) is 0. The summed E-state index contributed by atoms with van der Waals surface area (Å²) in [5.41, 5.74) is -2.42. The number of hydrogen-bond donors (Lipinski definition) is 2. The second-order valence-electron chi connectivity index (χ2n) is 3.35. The highest BCUT2D eigenvalue weighted by Gasteiger charge is 2.35. The maximum absolute atomic E-state index is 12.3. The normalized spacial score (nSPS) is 19.8. The van der Waals surface area contributed by atoms with Crippen molar-refractivity contribution in [2.75, 3.05) is 6.54 Å². The van der Waals surface area contributed by atoms with E-state index >= 15 is 0 Å². The van der Waals surface area contributed by atoms with Crippen molar-refractivity contribution >= 4 is 11.8 Å². The van der Waals surface area contributed by atoms with E-state index in [1.165, 1.54) is 0 Å². The molecule has 0 saturated heterocycles. The lowest BCUT2D eigenvalue weighted by atomic mass is 10.0. The van der Waals surface area contributed by atoms with E-state index < -0.39 is 10.9 Å². The minimum atomic E-state index is -4.19. The molecule has 2 nitrogen and oxygen atoms in total. The summed E-state index contributed by atoms with van der Waals surface area (Å²) in [7, 11) is 0. The molecule has 1 aromatic carbocycles. The van der Waals surface area contributed by atoms with Crippen molar-refractivity contribution in [1.82, 2.24) is 11.5 Å². The molecule has 90 valence electrons. The van der Waals surface area contributed by atoms with E-state index in [4.69, 9.17) is 0 Å².